The first-order valence-electron chi connectivity index (χ1n) is 5.66. The second kappa shape index (κ2) is 6.04. The van der Waals surface area contributed by atoms with Crippen LogP contribution in [0.2, 0.25) is 10.3 Å². The lowest BCUT2D eigenvalue weighted by atomic mass is 10.1. The zero-order chi connectivity index (χ0) is 13.8. The third kappa shape index (κ3) is 3.46. The molecule has 0 aliphatic heterocycles. The molecule has 0 fully saturated rings. The Kier molecular flexibility index (Phi) is 4.40. The van der Waals surface area contributed by atoms with Crippen molar-refractivity contribution in [3.8, 4) is 0 Å². The van der Waals surface area contributed by atoms with E-state index in [0.717, 1.165) is 5.56 Å². The summed E-state index contributed by atoms with van der Waals surface area (Å²) < 4.78 is 5.34. The van der Waals surface area contributed by atoms with Crippen LogP contribution in [-0.4, -0.2) is 11.0 Å². The molecule has 19 heavy (non-hydrogen) atoms. The molecule has 5 heteroatoms. The van der Waals surface area contributed by atoms with Crippen molar-refractivity contribution in [3.63, 3.8) is 0 Å². The third-order valence-electron chi connectivity index (χ3n) is 2.59. The van der Waals surface area contributed by atoms with E-state index in [0.29, 0.717) is 0 Å². The van der Waals surface area contributed by atoms with E-state index in [2.05, 4.69) is 4.98 Å². The first-order valence-corrected chi connectivity index (χ1v) is 6.41. The second-order valence-electron chi connectivity index (χ2n) is 3.93. The van der Waals surface area contributed by atoms with Gasteiger partial charge in [0.2, 0.25) is 0 Å². The predicted octanol–water partition coefficient (Wildman–Crippen LogP) is 4.31. The Bertz CT molecular complexity index is 587. The molecule has 2 aromatic rings. The topological polar surface area (TPSA) is 39.2 Å². The van der Waals surface area contributed by atoms with E-state index in [1.807, 2.05) is 30.3 Å². The number of carbonyl (C=O) groups is 1. The van der Waals surface area contributed by atoms with Gasteiger partial charge < -0.3 is 4.74 Å². The van der Waals surface area contributed by atoms with E-state index in [1.54, 1.807) is 6.92 Å². The lowest BCUT2D eigenvalue weighted by Crippen LogP contribution is -2.10. The van der Waals surface area contributed by atoms with Crippen LogP contribution in [0.4, 0.5) is 0 Å². The Morgan fingerprint density at radius 1 is 1.16 bits per heavy atom. The molecule has 2 rings (SSSR count). The highest BCUT2D eigenvalue weighted by Gasteiger charge is 2.17. The molecule has 1 aromatic carbocycles. The van der Waals surface area contributed by atoms with E-state index < -0.39 is 5.97 Å². The zero-order valence-corrected chi connectivity index (χ0v) is 11.7. The number of esters is 1. The summed E-state index contributed by atoms with van der Waals surface area (Å²) in [6, 6.07) is 12.4. The molecule has 98 valence electrons. The molecular formula is C14H11Cl2NO2. The van der Waals surface area contributed by atoms with Gasteiger partial charge in [-0.15, -0.1) is 0 Å². The van der Waals surface area contributed by atoms with Gasteiger partial charge in [0, 0.05) is 0 Å². The first kappa shape index (κ1) is 13.8. The van der Waals surface area contributed by atoms with Gasteiger partial charge in [0.05, 0.1) is 5.56 Å². The van der Waals surface area contributed by atoms with Gasteiger partial charge in [-0.05, 0) is 24.6 Å². The number of ether oxygens (including phenoxy) is 1. The van der Waals surface area contributed by atoms with E-state index in [9.17, 15) is 4.79 Å². The number of nitrogens with zero attached hydrogens (tertiary/aromatic N) is 1. The van der Waals surface area contributed by atoms with Crippen LogP contribution in [0.25, 0.3) is 0 Å². The van der Waals surface area contributed by atoms with Gasteiger partial charge in [-0.25, -0.2) is 9.78 Å². The number of hydrogen-bond donors (Lipinski definition) is 0. The number of benzene rings is 1. The van der Waals surface area contributed by atoms with Crippen LogP contribution >= 0.6 is 23.2 Å². The first-order chi connectivity index (χ1) is 9.08. The van der Waals surface area contributed by atoms with Gasteiger partial charge in [0.15, 0.2) is 0 Å². The summed E-state index contributed by atoms with van der Waals surface area (Å²) in [4.78, 5) is 15.8. The average Bonchev–Trinajstić information content (AvgIpc) is 2.39. The summed E-state index contributed by atoms with van der Waals surface area (Å²) in [5.41, 5.74) is 1.11. The van der Waals surface area contributed by atoms with Gasteiger partial charge >= 0.3 is 5.97 Å². The average molecular weight is 296 g/mol. The fourth-order valence-electron chi connectivity index (χ4n) is 1.58. The fourth-order valence-corrected chi connectivity index (χ4v) is 2.00. The number of halogens is 2. The molecule has 3 nitrogen and oxygen atoms in total. The summed E-state index contributed by atoms with van der Waals surface area (Å²) in [5, 5.41) is 0.274. The summed E-state index contributed by atoms with van der Waals surface area (Å²) in [6.07, 6.45) is -0.361. The molecule has 0 N–H and O–H groups in total. The molecule has 0 bridgehead atoms. The van der Waals surface area contributed by atoms with Crippen molar-refractivity contribution in [1.29, 1.82) is 0 Å². The monoisotopic (exact) mass is 295 g/mol. The zero-order valence-electron chi connectivity index (χ0n) is 10.1. The van der Waals surface area contributed by atoms with Crippen molar-refractivity contribution >= 4 is 29.2 Å². The number of carbonyl (C=O) groups excluding carboxylic acids is 1. The van der Waals surface area contributed by atoms with Crippen molar-refractivity contribution < 1.29 is 9.53 Å². The summed E-state index contributed by atoms with van der Waals surface area (Å²) in [6.45, 7) is 1.80. The molecule has 1 atom stereocenters. The Labute approximate surface area is 121 Å². The third-order valence-corrected chi connectivity index (χ3v) is 3.09. The highest BCUT2D eigenvalue weighted by molar-refractivity contribution is 6.34. The minimum atomic E-state index is -0.523. The largest absolute Gasteiger partial charge is 0.454 e. The maximum absolute atomic E-state index is 12.0. The van der Waals surface area contributed by atoms with Crippen LogP contribution < -0.4 is 0 Å². The Morgan fingerprint density at radius 2 is 1.84 bits per heavy atom. The number of aromatic nitrogens is 1. The summed E-state index contributed by atoms with van der Waals surface area (Å²) in [5.74, 6) is -0.523. The lowest BCUT2D eigenvalue weighted by molar-refractivity contribution is 0.0337. The standard InChI is InChI=1S/C14H11Cl2NO2/c1-9(10-5-3-2-4-6-10)19-14(18)11-7-8-12(15)17-13(11)16/h2-9H,1H3. The molecule has 0 amide bonds. The van der Waals surface area contributed by atoms with Crippen LogP contribution in [0.1, 0.15) is 28.9 Å². The maximum atomic E-state index is 12.0. The van der Waals surface area contributed by atoms with E-state index in [1.165, 1.54) is 12.1 Å². The van der Waals surface area contributed by atoms with Crippen LogP contribution in [-0.2, 0) is 4.74 Å². The van der Waals surface area contributed by atoms with Crippen molar-refractivity contribution in [1.82, 2.24) is 4.98 Å². The Morgan fingerprint density at radius 3 is 2.47 bits per heavy atom. The highest BCUT2D eigenvalue weighted by Crippen LogP contribution is 2.22. The normalized spacial score (nSPS) is 11.9. The van der Waals surface area contributed by atoms with Crippen LogP contribution in [0.15, 0.2) is 42.5 Å². The second-order valence-corrected chi connectivity index (χ2v) is 4.68. The quantitative estimate of drug-likeness (QED) is 0.626. The molecule has 0 spiro atoms. The maximum Gasteiger partial charge on any atom is 0.341 e. The van der Waals surface area contributed by atoms with Crippen LogP contribution in [0, 0.1) is 0 Å². The van der Waals surface area contributed by atoms with Crippen molar-refractivity contribution in [2.45, 2.75) is 13.0 Å². The minimum Gasteiger partial charge on any atom is -0.454 e. The van der Waals surface area contributed by atoms with Crippen molar-refractivity contribution in [3.05, 3.63) is 63.9 Å². The van der Waals surface area contributed by atoms with Gasteiger partial charge in [-0.3, -0.25) is 0 Å². The molecule has 1 heterocycles. The highest BCUT2D eigenvalue weighted by atomic mass is 35.5. The molecule has 0 aliphatic carbocycles. The minimum absolute atomic E-state index is 0.0396. The summed E-state index contributed by atoms with van der Waals surface area (Å²) >= 11 is 11.5. The fraction of sp³-hybridized carbons (Fsp3) is 0.143. The van der Waals surface area contributed by atoms with Gasteiger partial charge in [-0.2, -0.15) is 0 Å². The SMILES string of the molecule is CC(OC(=O)c1ccc(Cl)nc1Cl)c1ccccc1. The molecule has 0 saturated carbocycles. The van der Waals surface area contributed by atoms with Crippen LogP contribution in [0.5, 0.6) is 0 Å². The number of pyridine rings is 1. The van der Waals surface area contributed by atoms with Gasteiger partial charge in [0.25, 0.3) is 0 Å². The lowest BCUT2D eigenvalue weighted by Gasteiger charge is -2.13. The van der Waals surface area contributed by atoms with E-state index >= 15 is 0 Å². The molecular weight excluding hydrogens is 285 g/mol. The van der Waals surface area contributed by atoms with Crippen molar-refractivity contribution in [2.24, 2.45) is 0 Å². The Balaban J connectivity index is 2.13. The Hall–Kier alpha value is -1.58. The van der Waals surface area contributed by atoms with E-state index in [4.69, 9.17) is 27.9 Å². The molecule has 0 radical (unpaired) electrons. The number of hydrogen-bond acceptors (Lipinski definition) is 3. The number of rotatable bonds is 3. The molecule has 0 aliphatic rings. The molecule has 1 aromatic heterocycles. The van der Waals surface area contributed by atoms with Gasteiger partial charge in [-0.1, -0.05) is 53.5 Å². The van der Waals surface area contributed by atoms with Crippen molar-refractivity contribution in [2.75, 3.05) is 0 Å². The molecule has 0 saturated heterocycles. The van der Waals surface area contributed by atoms with E-state index in [-0.39, 0.29) is 22.0 Å². The smallest absolute Gasteiger partial charge is 0.341 e. The van der Waals surface area contributed by atoms with Gasteiger partial charge in [0.1, 0.15) is 16.4 Å². The predicted molar refractivity (Wildman–Crippen MR) is 74.5 cm³/mol. The summed E-state index contributed by atoms with van der Waals surface area (Å²) in [7, 11) is 0. The van der Waals surface area contributed by atoms with Crippen LogP contribution in [0.3, 0.4) is 0 Å². The molecule has 1 unspecified atom stereocenters.